The summed E-state index contributed by atoms with van der Waals surface area (Å²) in [6, 6.07) is 0.529. The van der Waals surface area contributed by atoms with Crippen LogP contribution in [0.5, 0.6) is 0 Å². The predicted molar refractivity (Wildman–Crippen MR) is 69.3 cm³/mol. The summed E-state index contributed by atoms with van der Waals surface area (Å²) in [6.45, 7) is 5.58. The van der Waals surface area contributed by atoms with E-state index in [0.717, 1.165) is 26.1 Å². The van der Waals surface area contributed by atoms with Gasteiger partial charge in [0.05, 0.1) is 19.8 Å². The monoisotopic (exact) mass is 248 g/mol. The first kappa shape index (κ1) is 16.8. The molecule has 0 fully saturated rings. The van der Waals surface area contributed by atoms with Crippen LogP contribution in [-0.4, -0.2) is 76.3 Å². The van der Waals surface area contributed by atoms with Crippen molar-refractivity contribution < 1.29 is 14.6 Å². The third-order valence-electron chi connectivity index (χ3n) is 3.01. The van der Waals surface area contributed by atoms with Crippen LogP contribution in [0.3, 0.4) is 0 Å². The quantitative estimate of drug-likeness (QED) is 0.536. The standard InChI is InChI=1S/C12H28N2O3/c1-11(10-17-4)14(7-8-16-3)6-5-12(9-15)13-2/h11-13,15H,5-10H2,1-4H3. The molecule has 0 aromatic heterocycles. The van der Waals surface area contributed by atoms with Crippen molar-refractivity contribution in [2.45, 2.75) is 25.4 Å². The minimum atomic E-state index is 0.162. The Bertz CT molecular complexity index is 166. The van der Waals surface area contributed by atoms with E-state index in [4.69, 9.17) is 14.6 Å². The molecule has 0 radical (unpaired) electrons. The van der Waals surface area contributed by atoms with Gasteiger partial charge in [-0.2, -0.15) is 0 Å². The van der Waals surface area contributed by atoms with Gasteiger partial charge in [0.2, 0.25) is 0 Å². The van der Waals surface area contributed by atoms with Crippen LogP contribution in [0.4, 0.5) is 0 Å². The molecule has 0 spiro atoms. The van der Waals surface area contributed by atoms with E-state index >= 15 is 0 Å². The van der Waals surface area contributed by atoms with Gasteiger partial charge in [0.15, 0.2) is 0 Å². The molecule has 0 aromatic rings. The molecule has 0 bridgehead atoms. The van der Waals surface area contributed by atoms with E-state index in [0.29, 0.717) is 12.6 Å². The van der Waals surface area contributed by atoms with Crippen LogP contribution in [0.25, 0.3) is 0 Å². The maximum atomic E-state index is 9.13. The molecule has 5 nitrogen and oxygen atoms in total. The molecule has 2 atom stereocenters. The van der Waals surface area contributed by atoms with Crippen molar-refractivity contribution in [2.75, 3.05) is 54.2 Å². The fraction of sp³-hybridized carbons (Fsp3) is 1.00. The molecule has 0 amide bonds. The van der Waals surface area contributed by atoms with Crippen LogP contribution in [0.15, 0.2) is 0 Å². The Balaban J connectivity index is 4.07. The number of methoxy groups -OCH3 is 2. The predicted octanol–water partition coefficient (Wildman–Crippen LogP) is -0.0599. The van der Waals surface area contributed by atoms with E-state index in [1.54, 1.807) is 14.2 Å². The summed E-state index contributed by atoms with van der Waals surface area (Å²) in [7, 11) is 5.30. The van der Waals surface area contributed by atoms with Gasteiger partial charge >= 0.3 is 0 Å². The van der Waals surface area contributed by atoms with Crippen LogP contribution < -0.4 is 5.32 Å². The maximum absolute atomic E-state index is 9.13. The molecule has 17 heavy (non-hydrogen) atoms. The van der Waals surface area contributed by atoms with Gasteiger partial charge in [-0.1, -0.05) is 0 Å². The van der Waals surface area contributed by atoms with Crippen molar-refractivity contribution in [1.82, 2.24) is 10.2 Å². The second kappa shape index (κ2) is 10.9. The van der Waals surface area contributed by atoms with Crippen LogP contribution in [0, 0.1) is 0 Å². The van der Waals surface area contributed by atoms with E-state index in [9.17, 15) is 0 Å². The van der Waals surface area contributed by atoms with Crippen molar-refractivity contribution in [2.24, 2.45) is 0 Å². The first-order valence-corrected chi connectivity index (χ1v) is 6.19. The molecule has 0 aliphatic heterocycles. The average molecular weight is 248 g/mol. The second-order valence-corrected chi connectivity index (χ2v) is 4.29. The lowest BCUT2D eigenvalue weighted by molar-refractivity contribution is 0.0708. The van der Waals surface area contributed by atoms with Gasteiger partial charge in [-0.25, -0.2) is 0 Å². The lowest BCUT2D eigenvalue weighted by atomic mass is 10.2. The Labute approximate surface area is 105 Å². The van der Waals surface area contributed by atoms with Crippen molar-refractivity contribution in [3.05, 3.63) is 0 Å². The van der Waals surface area contributed by atoms with E-state index < -0.39 is 0 Å². The van der Waals surface area contributed by atoms with Crippen molar-refractivity contribution in [3.63, 3.8) is 0 Å². The van der Waals surface area contributed by atoms with Gasteiger partial charge < -0.3 is 19.9 Å². The van der Waals surface area contributed by atoms with Gasteiger partial charge in [-0.15, -0.1) is 0 Å². The highest BCUT2D eigenvalue weighted by atomic mass is 16.5. The largest absolute Gasteiger partial charge is 0.395 e. The topological polar surface area (TPSA) is 54.0 Å². The Morgan fingerprint density at radius 2 is 1.94 bits per heavy atom. The summed E-state index contributed by atoms with van der Waals surface area (Å²) in [4.78, 5) is 2.33. The fourth-order valence-corrected chi connectivity index (χ4v) is 1.76. The third kappa shape index (κ3) is 7.68. The van der Waals surface area contributed by atoms with Gasteiger partial charge in [-0.3, -0.25) is 4.90 Å². The molecule has 0 saturated heterocycles. The third-order valence-corrected chi connectivity index (χ3v) is 3.01. The fourth-order valence-electron chi connectivity index (χ4n) is 1.76. The minimum absolute atomic E-state index is 0.162. The summed E-state index contributed by atoms with van der Waals surface area (Å²) in [5, 5.41) is 12.2. The zero-order valence-electron chi connectivity index (χ0n) is 11.6. The smallest absolute Gasteiger partial charge is 0.0615 e. The van der Waals surface area contributed by atoms with Gasteiger partial charge in [0, 0.05) is 39.4 Å². The Hall–Kier alpha value is -0.200. The number of rotatable bonds is 11. The molecule has 5 heteroatoms. The summed E-state index contributed by atoms with van der Waals surface area (Å²) in [5.74, 6) is 0. The number of aliphatic hydroxyl groups is 1. The van der Waals surface area contributed by atoms with E-state index in [1.165, 1.54) is 0 Å². The molecule has 2 unspecified atom stereocenters. The highest BCUT2D eigenvalue weighted by molar-refractivity contribution is 4.71. The molecule has 0 aliphatic carbocycles. The number of nitrogens with one attached hydrogen (secondary N) is 1. The summed E-state index contributed by atoms with van der Waals surface area (Å²) < 4.78 is 10.3. The zero-order chi connectivity index (χ0) is 13.1. The summed E-state index contributed by atoms with van der Waals surface area (Å²) in [5.41, 5.74) is 0. The molecular formula is C12H28N2O3. The number of aliphatic hydroxyl groups excluding tert-OH is 1. The van der Waals surface area contributed by atoms with Crippen molar-refractivity contribution in [3.8, 4) is 0 Å². The summed E-state index contributed by atoms with van der Waals surface area (Å²) in [6.07, 6.45) is 0.921. The zero-order valence-corrected chi connectivity index (χ0v) is 11.6. The van der Waals surface area contributed by atoms with Crippen LogP contribution in [0.1, 0.15) is 13.3 Å². The Morgan fingerprint density at radius 1 is 1.24 bits per heavy atom. The van der Waals surface area contributed by atoms with E-state index in [-0.39, 0.29) is 12.6 Å². The minimum Gasteiger partial charge on any atom is -0.395 e. The number of hydrogen-bond donors (Lipinski definition) is 2. The molecule has 0 aliphatic rings. The maximum Gasteiger partial charge on any atom is 0.0615 e. The van der Waals surface area contributed by atoms with Gasteiger partial charge in [0.25, 0.3) is 0 Å². The normalized spacial score (nSPS) is 15.2. The van der Waals surface area contributed by atoms with Crippen LogP contribution in [-0.2, 0) is 9.47 Å². The molecule has 0 saturated carbocycles. The first-order valence-electron chi connectivity index (χ1n) is 6.19. The molecule has 2 N–H and O–H groups in total. The molecule has 0 heterocycles. The highest BCUT2D eigenvalue weighted by Crippen LogP contribution is 2.03. The number of ether oxygens (including phenoxy) is 2. The van der Waals surface area contributed by atoms with E-state index in [2.05, 4.69) is 17.1 Å². The first-order chi connectivity index (χ1) is 8.19. The SMILES string of the molecule is CNC(CO)CCN(CCOC)C(C)COC. The second-order valence-electron chi connectivity index (χ2n) is 4.29. The van der Waals surface area contributed by atoms with Crippen LogP contribution >= 0.6 is 0 Å². The average Bonchev–Trinajstić information content (AvgIpc) is 2.34. The summed E-state index contributed by atoms with van der Waals surface area (Å²) >= 11 is 0. The Kier molecular flexibility index (Phi) is 10.8. The van der Waals surface area contributed by atoms with Gasteiger partial charge in [0.1, 0.15) is 0 Å². The molecule has 0 aromatic carbocycles. The number of likely N-dealkylation sites (N-methyl/N-ethyl adjacent to an activating group) is 1. The van der Waals surface area contributed by atoms with E-state index in [1.807, 2.05) is 7.05 Å². The molecule has 104 valence electrons. The van der Waals surface area contributed by atoms with Crippen molar-refractivity contribution in [1.29, 1.82) is 0 Å². The lowest BCUT2D eigenvalue weighted by Gasteiger charge is -2.29. The number of hydrogen-bond acceptors (Lipinski definition) is 5. The number of nitrogens with zero attached hydrogens (tertiary/aromatic N) is 1. The van der Waals surface area contributed by atoms with Crippen LogP contribution in [0.2, 0.25) is 0 Å². The molecular weight excluding hydrogens is 220 g/mol. The Morgan fingerprint density at radius 3 is 2.41 bits per heavy atom. The lowest BCUT2D eigenvalue weighted by Crippen LogP contribution is -2.42. The molecule has 0 rings (SSSR count). The highest BCUT2D eigenvalue weighted by Gasteiger charge is 2.15. The van der Waals surface area contributed by atoms with Gasteiger partial charge in [-0.05, 0) is 20.4 Å². The van der Waals surface area contributed by atoms with Crippen molar-refractivity contribution >= 4 is 0 Å².